The van der Waals surface area contributed by atoms with Gasteiger partial charge < -0.3 is 5.32 Å². The molecule has 2 N–H and O–H groups in total. The number of aliphatic imine (C=N–C) groups is 1. The first kappa shape index (κ1) is 22.9. The Morgan fingerprint density at radius 2 is 1.83 bits per heavy atom. The van der Waals surface area contributed by atoms with Crippen LogP contribution in [0.3, 0.4) is 0 Å². The molecule has 0 fully saturated rings. The molecule has 1 atom stereocenters. The Kier molecular flexibility index (Phi) is 6.03. The number of allylic oxidation sites excluding steroid dienone is 1. The van der Waals surface area contributed by atoms with Gasteiger partial charge in [-0.25, -0.2) is 15.0 Å². The number of anilines is 1. The topological polar surface area (TPSA) is 79.3 Å². The highest BCUT2D eigenvalue weighted by molar-refractivity contribution is 9.10. The van der Waals surface area contributed by atoms with Crippen LogP contribution in [-0.2, 0) is 4.79 Å². The van der Waals surface area contributed by atoms with Gasteiger partial charge in [-0.2, -0.15) is 0 Å². The minimum absolute atomic E-state index is 0.140. The summed E-state index contributed by atoms with van der Waals surface area (Å²) in [5.74, 6) is 1.07. The predicted octanol–water partition coefficient (Wildman–Crippen LogP) is 6.83. The first-order valence-corrected chi connectivity index (χ1v) is 12.9. The summed E-state index contributed by atoms with van der Waals surface area (Å²) in [7, 11) is 0. The van der Waals surface area contributed by atoms with E-state index in [0.29, 0.717) is 23.4 Å². The van der Waals surface area contributed by atoms with Crippen molar-refractivity contribution in [3.05, 3.63) is 99.1 Å². The highest BCUT2D eigenvalue weighted by Gasteiger charge is 2.33. The van der Waals surface area contributed by atoms with Crippen molar-refractivity contribution in [3.63, 3.8) is 0 Å². The fourth-order valence-electron chi connectivity index (χ4n) is 4.74. The summed E-state index contributed by atoms with van der Waals surface area (Å²) in [6.07, 6.45) is 2.15. The summed E-state index contributed by atoms with van der Waals surface area (Å²) in [5.41, 5.74) is 5.10. The fraction of sp³-hybridized carbons (Fsp3) is 0.143. The third-order valence-electron chi connectivity index (χ3n) is 6.36. The molecule has 6 rings (SSSR count). The average molecular weight is 559 g/mol. The largest absolute Gasteiger partial charge is 0.329 e. The molecule has 2 heterocycles. The average Bonchev–Trinajstić information content (AvgIpc) is 2.88. The van der Waals surface area contributed by atoms with E-state index in [1.165, 1.54) is 0 Å². The third-order valence-corrected chi connectivity index (χ3v) is 7.09. The zero-order chi connectivity index (χ0) is 24.6. The molecule has 0 spiro atoms. The molecule has 178 valence electrons. The van der Waals surface area contributed by atoms with Crippen molar-refractivity contribution >= 4 is 56.1 Å². The van der Waals surface area contributed by atoms with Crippen LogP contribution in [0.15, 0.2) is 93.5 Å². The van der Waals surface area contributed by atoms with Crippen molar-refractivity contribution in [3.8, 4) is 11.3 Å². The second kappa shape index (κ2) is 9.48. The van der Waals surface area contributed by atoms with E-state index in [9.17, 15) is 4.79 Å². The summed E-state index contributed by atoms with van der Waals surface area (Å²) in [5, 5.41) is 8.13. The molecule has 1 aliphatic heterocycles. The van der Waals surface area contributed by atoms with Crippen LogP contribution in [-0.4, -0.2) is 21.7 Å². The first-order valence-electron chi connectivity index (χ1n) is 11.7. The van der Waals surface area contributed by atoms with Gasteiger partial charge in [0.2, 0.25) is 11.9 Å². The molecule has 0 unspecified atom stereocenters. The number of ketones is 1. The molecule has 0 radical (unpaired) electrons. The number of benzene rings is 3. The highest BCUT2D eigenvalue weighted by Crippen LogP contribution is 2.37. The Balaban J connectivity index is 1.43. The molecule has 0 saturated heterocycles. The van der Waals surface area contributed by atoms with E-state index >= 15 is 0 Å². The summed E-state index contributed by atoms with van der Waals surface area (Å²) in [4.78, 5) is 27.4. The van der Waals surface area contributed by atoms with Gasteiger partial charge in [0.15, 0.2) is 5.78 Å². The Morgan fingerprint density at radius 3 is 2.67 bits per heavy atom. The molecule has 0 bridgehead atoms. The molecule has 2 aliphatic rings. The zero-order valence-electron chi connectivity index (χ0n) is 19.1. The maximum absolute atomic E-state index is 12.9. The van der Waals surface area contributed by atoms with Crippen LogP contribution in [0.4, 0.5) is 5.95 Å². The van der Waals surface area contributed by atoms with E-state index in [1.807, 2.05) is 72.8 Å². The van der Waals surface area contributed by atoms with E-state index in [1.54, 1.807) is 0 Å². The molecule has 36 heavy (non-hydrogen) atoms. The number of aromatic nitrogens is 2. The molecule has 8 heteroatoms. The second-order valence-electron chi connectivity index (χ2n) is 8.78. The number of Topliss-reactive ketones (excluding diaryl/α,β-unsaturated/α-hetero) is 1. The number of halogens is 2. The standard InChI is InChI=1S/C28H21BrClN5O/c29-18-9-4-8-17(14-18)26-24-22(10-5-11-23(24)36)32-28(34-26)35-27-31-21-13-12-19(30)15-20(21)25(33-27)16-6-2-1-3-7-16/h1-4,6-9,12-15,26H,5,10-11H2,(H2,31,32,33,34,35)/t26-/m1/s1. The Bertz CT molecular complexity index is 1570. The van der Waals surface area contributed by atoms with Crippen molar-refractivity contribution in [2.75, 3.05) is 5.32 Å². The number of carbonyl (C=O) groups is 1. The van der Waals surface area contributed by atoms with Gasteiger partial charge in [0.05, 0.1) is 11.2 Å². The number of hydrogen-bond acceptors (Lipinski definition) is 6. The molecule has 4 aromatic rings. The number of nitrogens with one attached hydrogen (secondary N) is 2. The lowest BCUT2D eigenvalue weighted by molar-refractivity contribution is -0.116. The van der Waals surface area contributed by atoms with Crippen LogP contribution in [0.1, 0.15) is 30.9 Å². The predicted molar refractivity (Wildman–Crippen MR) is 147 cm³/mol. The van der Waals surface area contributed by atoms with Crippen molar-refractivity contribution in [2.45, 2.75) is 25.3 Å². The van der Waals surface area contributed by atoms with Crippen molar-refractivity contribution in [1.29, 1.82) is 0 Å². The van der Waals surface area contributed by atoms with Crippen LogP contribution in [0.25, 0.3) is 22.2 Å². The minimum atomic E-state index is -0.401. The van der Waals surface area contributed by atoms with Gasteiger partial charge in [-0.1, -0.05) is 70.0 Å². The van der Waals surface area contributed by atoms with Crippen molar-refractivity contribution < 1.29 is 4.79 Å². The van der Waals surface area contributed by atoms with Crippen LogP contribution in [0.5, 0.6) is 0 Å². The number of rotatable bonds is 3. The van der Waals surface area contributed by atoms with Crippen LogP contribution in [0.2, 0.25) is 5.02 Å². The summed E-state index contributed by atoms with van der Waals surface area (Å²) in [6, 6.07) is 23.1. The van der Waals surface area contributed by atoms with E-state index in [0.717, 1.165) is 56.3 Å². The molecular formula is C28H21BrClN5O. The minimum Gasteiger partial charge on any atom is -0.329 e. The molecule has 3 aromatic carbocycles. The van der Waals surface area contributed by atoms with Crippen LogP contribution < -0.4 is 10.6 Å². The number of fused-ring (bicyclic) bond motifs is 1. The molecule has 0 amide bonds. The van der Waals surface area contributed by atoms with E-state index in [4.69, 9.17) is 26.6 Å². The lowest BCUT2D eigenvalue weighted by atomic mass is 9.86. The van der Waals surface area contributed by atoms with Gasteiger partial charge in [-0.15, -0.1) is 0 Å². The van der Waals surface area contributed by atoms with Gasteiger partial charge >= 0.3 is 0 Å². The summed E-state index contributed by atoms with van der Waals surface area (Å²) >= 11 is 9.85. The zero-order valence-corrected chi connectivity index (χ0v) is 21.5. The molecule has 6 nitrogen and oxygen atoms in total. The fourth-order valence-corrected chi connectivity index (χ4v) is 5.33. The van der Waals surface area contributed by atoms with E-state index < -0.39 is 6.04 Å². The highest BCUT2D eigenvalue weighted by atomic mass is 79.9. The summed E-state index contributed by atoms with van der Waals surface area (Å²) in [6.45, 7) is 0. The van der Waals surface area contributed by atoms with E-state index in [-0.39, 0.29) is 5.78 Å². The maximum Gasteiger partial charge on any atom is 0.230 e. The van der Waals surface area contributed by atoms with Crippen molar-refractivity contribution in [2.24, 2.45) is 4.99 Å². The Hall–Kier alpha value is -3.55. The monoisotopic (exact) mass is 557 g/mol. The second-order valence-corrected chi connectivity index (χ2v) is 10.1. The number of carbonyl (C=O) groups excluding carboxylic acids is 1. The van der Waals surface area contributed by atoms with Crippen LogP contribution >= 0.6 is 27.5 Å². The summed E-state index contributed by atoms with van der Waals surface area (Å²) < 4.78 is 0.942. The normalized spacial score (nSPS) is 17.4. The van der Waals surface area contributed by atoms with Gasteiger partial charge in [0, 0.05) is 38.1 Å². The number of hydrogen-bond donors (Lipinski definition) is 2. The molecule has 1 aliphatic carbocycles. The van der Waals surface area contributed by atoms with Crippen LogP contribution in [0, 0.1) is 0 Å². The third kappa shape index (κ3) is 4.40. The molecule has 1 aromatic heterocycles. The van der Waals surface area contributed by atoms with Gasteiger partial charge in [0.25, 0.3) is 0 Å². The van der Waals surface area contributed by atoms with E-state index in [2.05, 4.69) is 26.6 Å². The molecule has 0 saturated carbocycles. The number of guanidine groups is 1. The smallest absolute Gasteiger partial charge is 0.230 e. The van der Waals surface area contributed by atoms with Gasteiger partial charge in [0.1, 0.15) is 6.04 Å². The SMILES string of the molecule is O=C1CCCC2=C1[C@@H](c1cccc(Br)c1)N=C(Nc1nc(-c3ccccc3)c3cc(Cl)ccc3n1)N2. The first-order chi connectivity index (χ1) is 17.5. The Morgan fingerprint density at radius 1 is 0.972 bits per heavy atom. The van der Waals surface area contributed by atoms with Crippen molar-refractivity contribution in [1.82, 2.24) is 15.3 Å². The lowest BCUT2D eigenvalue weighted by Crippen LogP contribution is -2.39. The Labute approximate surface area is 221 Å². The molecular weight excluding hydrogens is 538 g/mol. The number of nitrogens with zero attached hydrogens (tertiary/aromatic N) is 3. The lowest BCUT2D eigenvalue weighted by Gasteiger charge is -2.30. The maximum atomic E-state index is 12.9. The van der Waals surface area contributed by atoms with Gasteiger partial charge in [-0.05, 0) is 48.7 Å². The van der Waals surface area contributed by atoms with Gasteiger partial charge in [-0.3, -0.25) is 10.1 Å². The quantitative estimate of drug-likeness (QED) is 0.288.